The number of carboxylic acid groups (broad SMARTS) is 1. The minimum absolute atomic E-state index is 0.477. The van der Waals surface area contributed by atoms with Crippen LogP contribution in [-0.2, 0) is 4.79 Å². The topological polar surface area (TPSA) is 78.4 Å². The molecule has 1 fully saturated rings. The lowest BCUT2D eigenvalue weighted by Gasteiger charge is -2.25. The van der Waals surface area contributed by atoms with E-state index in [1.54, 1.807) is 6.07 Å². The highest BCUT2D eigenvalue weighted by Crippen LogP contribution is 2.30. The van der Waals surface area contributed by atoms with Crippen molar-refractivity contribution in [3.05, 3.63) is 28.2 Å². The monoisotopic (exact) mass is 340 g/mol. The first-order valence-electron chi connectivity index (χ1n) is 6.52. The largest absolute Gasteiger partial charge is 0.480 e. The summed E-state index contributed by atoms with van der Waals surface area (Å²) in [6.45, 7) is 1.92. The summed E-state index contributed by atoms with van der Waals surface area (Å²) in [5, 5.41) is 14.6. The highest BCUT2D eigenvalue weighted by Gasteiger charge is 2.42. The van der Waals surface area contributed by atoms with Crippen LogP contribution in [0.5, 0.6) is 0 Å². The van der Waals surface area contributed by atoms with Crippen LogP contribution in [0.2, 0.25) is 0 Å². The molecule has 1 aromatic rings. The molecule has 2 amide bonds. The molecule has 1 saturated carbocycles. The number of hydrogen-bond acceptors (Lipinski definition) is 2. The summed E-state index contributed by atoms with van der Waals surface area (Å²) in [6.07, 6.45) is 2.59. The van der Waals surface area contributed by atoms with Crippen LogP contribution < -0.4 is 10.6 Å². The molecule has 1 aliphatic carbocycles. The molecule has 1 aliphatic rings. The van der Waals surface area contributed by atoms with Crippen molar-refractivity contribution in [3.8, 4) is 0 Å². The van der Waals surface area contributed by atoms with Gasteiger partial charge in [-0.3, -0.25) is 0 Å². The molecule has 0 aliphatic heterocycles. The number of carbonyl (C=O) groups excluding carboxylic acids is 1. The van der Waals surface area contributed by atoms with E-state index in [0.29, 0.717) is 18.5 Å². The second-order valence-corrected chi connectivity index (χ2v) is 5.90. The smallest absolute Gasteiger partial charge is 0.329 e. The maximum Gasteiger partial charge on any atom is 0.329 e. The number of amides is 2. The third-order valence-corrected chi connectivity index (χ3v) is 4.71. The van der Waals surface area contributed by atoms with Gasteiger partial charge in [0.2, 0.25) is 0 Å². The molecule has 6 heteroatoms. The van der Waals surface area contributed by atoms with Gasteiger partial charge in [-0.2, -0.15) is 0 Å². The first-order chi connectivity index (χ1) is 9.44. The molecule has 5 nitrogen and oxygen atoms in total. The van der Waals surface area contributed by atoms with Gasteiger partial charge in [0.05, 0.1) is 5.69 Å². The molecule has 0 saturated heterocycles. The number of anilines is 1. The molecule has 0 unspecified atom stereocenters. The van der Waals surface area contributed by atoms with E-state index in [1.165, 1.54) is 0 Å². The van der Waals surface area contributed by atoms with Gasteiger partial charge in [0, 0.05) is 4.47 Å². The van der Waals surface area contributed by atoms with Crippen molar-refractivity contribution in [2.45, 2.75) is 38.1 Å². The number of benzene rings is 1. The Morgan fingerprint density at radius 3 is 2.55 bits per heavy atom. The number of hydrogen-bond donors (Lipinski definition) is 3. The SMILES string of the molecule is Cc1cccc(NC(=O)NC2(C(=O)O)CCCC2)c1Br. The van der Waals surface area contributed by atoms with Gasteiger partial charge in [0.25, 0.3) is 0 Å². The van der Waals surface area contributed by atoms with E-state index < -0.39 is 17.5 Å². The lowest BCUT2D eigenvalue weighted by Crippen LogP contribution is -2.53. The third-order valence-electron chi connectivity index (χ3n) is 3.66. The van der Waals surface area contributed by atoms with Gasteiger partial charge in [0.1, 0.15) is 5.54 Å². The first-order valence-corrected chi connectivity index (χ1v) is 7.31. The van der Waals surface area contributed by atoms with E-state index in [2.05, 4.69) is 26.6 Å². The number of nitrogens with one attached hydrogen (secondary N) is 2. The maximum absolute atomic E-state index is 12.0. The molecule has 0 bridgehead atoms. The average Bonchev–Trinajstić information content (AvgIpc) is 2.85. The molecule has 3 N–H and O–H groups in total. The van der Waals surface area contributed by atoms with E-state index in [9.17, 15) is 14.7 Å². The molecule has 2 rings (SSSR count). The molecule has 0 aromatic heterocycles. The molecule has 0 radical (unpaired) electrons. The molecule has 20 heavy (non-hydrogen) atoms. The summed E-state index contributed by atoms with van der Waals surface area (Å²) >= 11 is 3.40. The van der Waals surface area contributed by atoms with Gasteiger partial charge in [0.15, 0.2) is 0 Å². The van der Waals surface area contributed by atoms with Crippen molar-refractivity contribution in [1.82, 2.24) is 5.32 Å². The number of carboxylic acids is 1. The van der Waals surface area contributed by atoms with E-state index in [4.69, 9.17) is 0 Å². The highest BCUT2D eigenvalue weighted by molar-refractivity contribution is 9.10. The number of urea groups is 1. The van der Waals surface area contributed by atoms with Crippen molar-refractivity contribution in [1.29, 1.82) is 0 Å². The Kier molecular flexibility index (Phi) is 4.32. The Hall–Kier alpha value is -1.56. The number of aliphatic carboxylic acids is 1. The molecule has 0 spiro atoms. The van der Waals surface area contributed by atoms with Crippen LogP contribution in [0, 0.1) is 6.92 Å². The van der Waals surface area contributed by atoms with Crippen LogP contribution in [0.4, 0.5) is 10.5 Å². The zero-order chi connectivity index (χ0) is 14.8. The lowest BCUT2D eigenvalue weighted by atomic mass is 9.98. The Morgan fingerprint density at radius 1 is 1.30 bits per heavy atom. The molecular weight excluding hydrogens is 324 g/mol. The average molecular weight is 341 g/mol. The van der Waals surface area contributed by atoms with Gasteiger partial charge >= 0.3 is 12.0 Å². The fourth-order valence-corrected chi connectivity index (χ4v) is 2.85. The quantitative estimate of drug-likeness (QED) is 0.789. The van der Waals surface area contributed by atoms with Crippen LogP contribution in [0.15, 0.2) is 22.7 Å². The second kappa shape index (κ2) is 5.83. The van der Waals surface area contributed by atoms with Crippen molar-refractivity contribution < 1.29 is 14.7 Å². The zero-order valence-corrected chi connectivity index (χ0v) is 12.8. The van der Waals surface area contributed by atoms with Gasteiger partial charge in [-0.15, -0.1) is 0 Å². The minimum atomic E-state index is -1.12. The Labute approximate surface area is 125 Å². The first kappa shape index (κ1) is 14.8. The highest BCUT2D eigenvalue weighted by atomic mass is 79.9. The van der Waals surface area contributed by atoms with Gasteiger partial charge < -0.3 is 15.7 Å². The summed E-state index contributed by atoms with van der Waals surface area (Å²) in [5.74, 6) is -0.964. The molecule has 1 aromatic carbocycles. The summed E-state index contributed by atoms with van der Waals surface area (Å²) < 4.78 is 0.797. The standard InChI is InChI=1S/C14H17BrN2O3/c1-9-5-4-6-10(11(9)15)16-13(20)17-14(12(18)19)7-2-3-8-14/h4-6H,2-3,7-8H2,1H3,(H,18,19)(H2,16,17,20). The van der Waals surface area contributed by atoms with Gasteiger partial charge in [-0.1, -0.05) is 25.0 Å². The summed E-state index contributed by atoms with van der Waals surface area (Å²) in [6, 6.07) is 5.03. The number of carbonyl (C=O) groups is 2. The van der Waals surface area contributed by atoms with Crippen LogP contribution in [0.3, 0.4) is 0 Å². The van der Waals surface area contributed by atoms with Gasteiger partial charge in [-0.05, 0) is 47.3 Å². The van der Waals surface area contributed by atoms with E-state index in [0.717, 1.165) is 22.9 Å². The molecule has 0 atom stereocenters. The maximum atomic E-state index is 12.0. The summed E-state index contributed by atoms with van der Waals surface area (Å²) in [4.78, 5) is 23.4. The van der Waals surface area contributed by atoms with E-state index in [1.807, 2.05) is 19.1 Å². The Balaban J connectivity index is 2.09. The number of aryl methyl sites for hydroxylation is 1. The van der Waals surface area contributed by atoms with Crippen LogP contribution in [-0.4, -0.2) is 22.6 Å². The van der Waals surface area contributed by atoms with Crippen molar-refractivity contribution in [2.75, 3.05) is 5.32 Å². The summed E-state index contributed by atoms with van der Waals surface area (Å²) in [5.41, 5.74) is 0.498. The van der Waals surface area contributed by atoms with Crippen molar-refractivity contribution in [3.63, 3.8) is 0 Å². The van der Waals surface area contributed by atoms with Crippen molar-refractivity contribution >= 4 is 33.6 Å². The fraction of sp³-hybridized carbons (Fsp3) is 0.429. The predicted octanol–water partition coefficient (Wildman–Crippen LogP) is 3.28. The number of rotatable bonds is 3. The van der Waals surface area contributed by atoms with Crippen LogP contribution in [0.1, 0.15) is 31.2 Å². The molecule has 108 valence electrons. The second-order valence-electron chi connectivity index (χ2n) is 5.11. The molecule has 0 heterocycles. The van der Waals surface area contributed by atoms with Gasteiger partial charge in [-0.25, -0.2) is 9.59 Å². The van der Waals surface area contributed by atoms with Crippen LogP contribution in [0.25, 0.3) is 0 Å². The predicted molar refractivity (Wildman–Crippen MR) is 79.9 cm³/mol. The zero-order valence-electron chi connectivity index (χ0n) is 11.2. The Morgan fingerprint density at radius 2 is 1.95 bits per heavy atom. The third kappa shape index (κ3) is 2.95. The molecular formula is C14H17BrN2O3. The number of halogens is 1. The fourth-order valence-electron chi connectivity index (χ4n) is 2.49. The van der Waals surface area contributed by atoms with Crippen LogP contribution >= 0.6 is 15.9 Å². The van der Waals surface area contributed by atoms with E-state index in [-0.39, 0.29) is 0 Å². The normalized spacial score (nSPS) is 16.7. The van der Waals surface area contributed by atoms with E-state index >= 15 is 0 Å². The minimum Gasteiger partial charge on any atom is -0.480 e. The lowest BCUT2D eigenvalue weighted by molar-refractivity contribution is -0.144. The Bertz CT molecular complexity index is 539. The van der Waals surface area contributed by atoms with Crippen molar-refractivity contribution in [2.24, 2.45) is 0 Å². The summed E-state index contributed by atoms with van der Waals surface area (Å²) in [7, 11) is 0.